The van der Waals surface area contributed by atoms with E-state index in [0.717, 1.165) is 16.0 Å². The molecule has 5 aromatic rings. The lowest BCUT2D eigenvalue weighted by Crippen LogP contribution is -2.53. The molecule has 2 heterocycles. The fourth-order valence-corrected chi connectivity index (χ4v) is 10.1. The Morgan fingerprint density at radius 3 is 2.22 bits per heavy atom. The minimum absolute atomic E-state index is 0.00935. The predicted octanol–water partition coefficient (Wildman–Crippen LogP) is 8.27. The van der Waals surface area contributed by atoms with Crippen LogP contribution in [0.4, 0.5) is 15.8 Å². The van der Waals surface area contributed by atoms with Crippen molar-refractivity contribution in [1.82, 2.24) is 5.01 Å². The van der Waals surface area contributed by atoms with Crippen molar-refractivity contribution in [1.29, 1.82) is 0 Å². The molecule has 2 N–H and O–H groups in total. The molecule has 9 rings (SSSR count). The lowest BCUT2D eigenvalue weighted by atomic mass is 9.49. The first-order chi connectivity index (χ1) is 28.4. The number of rotatable bonds is 8. The zero-order valence-electron chi connectivity index (χ0n) is 31.3. The van der Waals surface area contributed by atoms with Crippen molar-refractivity contribution in [3.8, 4) is 11.5 Å². The number of ketones is 1. The number of hydrogen-bond acceptors (Lipinski definition) is 8. The largest absolute Gasteiger partial charge is 0.505 e. The number of amides is 4. The first kappa shape index (κ1) is 38.2. The van der Waals surface area contributed by atoms with Crippen LogP contribution < -0.4 is 15.1 Å². The molecule has 296 valence electrons. The Hall–Kier alpha value is -6.30. The Labute approximate surface area is 347 Å². The molecule has 1 saturated carbocycles. The van der Waals surface area contributed by atoms with Crippen molar-refractivity contribution in [2.24, 2.45) is 23.7 Å². The van der Waals surface area contributed by atoms with Gasteiger partial charge < -0.3 is 9.84 Å². The normalized spacial score (nSPS) is 24.7. The van der Waals surface area contributed by atoms with Gasteiger partial charge in [0.15, 0.2) is 17.3 Å². The molecule has 13 heteroatoms. The monoisotopic (exact) mass is 829 g/mol. The van der Waals surface area contributed by atoms with Crippen LogP contribution in [0, 0.1) is 29.5 Å². The summed E-state index contributed by atoms with van der Waals surface area (Å²) < 4.78 is 20.9. The number of carbonyl (C=O) groups is 5. The molecular weight excluding hydrogens is 796 g/mol. The number of imide groups is 2. The zero-order chi connectivity index (χ0) is 41.3. The molecule has 4 aliphatic rings. The van der Waals surface area contributed by atoms with Crippen molar-refractivity contribution in [3.05, 3.63) is 165 Å². The molecule has 59 heavy (non-hydrogen) atoms. The summed E-state index contributed by atoms with van der Waals surface area (Å²) in [7, 11) is 1.50. The number of hydrogen-bond donors (Lipinski definition) is 2. The summed E-state index contributed by atoms with van der Waals surface area (Å²) in [6.45, 7) is 0. The minimum atomic E-state index is -1.71. The zero-order valence-corrected chi connectivity index (χ0v) is 32.8. The Balaban J connectivity index is 1.16. The summed E-state index contributed by atoms with van der Waals surface area (Å²) in [6.07, 6.45) is 1.97. The van der Waals surface area contributed by atoms with Crippen LogP contribution in [0.2, 0.25) is 10.0 Å². The molecule has 0 aromatic heterocycles. The number of fused-ring (bicyclic) bond motifs is 4. The van der Waals surface area contributed by atoms with Crippen molar-refractivity contribution < 1.29 is 38.2 Å². The van der Waals surface area contributed by atoms with Gasteiger partial charge >= 0.3 is 0 Å². The lowest BCUT2D eigenvalue weighted by Gasteiger charge is -2.50. The van der Waals surface area contributed by atoms with Gasteiger partial charge in [-0.25, -0.2) is 4.39 Å². The highest BCUT2D eigenvalue weighted by molar-refractivity contribution is 6.36. The van der Waals surface area contributed by atoms with E-state index in [4.69, 9.17) is 27.9 Å². The van der Waals surface area contributed by atoms with Crippen LogP contribution in [0.15, 0.2) is 127 Å². The Bertz CT molecular complexity index is 2620. The molecule has 3 fully saturated rings. The number of nitrogens with zero attached hydrogens (tertiary/aromatic N) is 2. The van der Waals surface area contributed by atoms with Gasteiger partial charge in [0.05, 0.1) is 46.7 Å². The maximum Gasteiger partial charge on any atom is 0.260 e. The van der Waals surface area contributed by atoms with Gasteiger partial charge in [-0.05, 0) is 96.6 Å². The second-order valence-electron chi connectivity index (χ2n) is 15.2. The van der Waals surface area contributed by atoms with Crippen LogP contribution in [0.1, 0.15) is 45.8 Å². The highest BCUT2D eigenvalue weighted by atomic mass is 35.5. The summed E-state index contributed by atoms with van der Waals surface area (Å²) in [4.78, 5) is 73.6. The van der Waals surface area contributed by atoms with Crippen LogP contribution >= 0.6 is 23.2 Å². The molecule has 0 spiro atoms. The minimum Gasteiger partial charge on any atom is -0.505 e. The number of carbonyl (C=O) groups excluding carboxylic acids is 5. The van der Waals surface area contributed by atoms with E-state index in [1.807, 2.05) is 12.1 Å². The number of aromatic hydroxyl groups is 1. The number of phenols is 1. The van der Waals surface area contributed by atoms with Crippen LogP contribution in [-0.4, -0.2) is 46.6 Å². The highest BCUT2D eigenvalue weighted by Gasteiger charge is 2.70. The summed E-state index contributed by atoms with van der Waals surface area (Å²) in [6, 6.07) is 30.2. The van der Waals surface area contributed by atoms with Crippen molar-refractivity contribution >= 4 is 64.0 Å². The molecule has 5 aromatic carbocycles. The van der Waals surface area contributed by atoms with Crippen LogP contribution in [0.3, 0.4) is 0 Å². The SMILES string of the molecule is COc1ccc([C@@]23C(=O)N(Nc4ccc(Cl)cc4Cl)C(=O)[C@@H]2C[C@@H]2C(=CC[C@@H]4C(=O)N(c5ccc(C(=O)c6ccccc6)cc5)C(=O)[C@@H]42)[C@@H]3c2ccc(O)c(F)c2)cc1. The third-order valence-corrected chi connectivity index (χ3v) is 12.9. The molecule has 6 atom stereocenters. The number of hydrazine groups is 1. The average molecular weight is 831 g/mol. The second kappa shape index (κ2) is 14.5. The van der Waals surface area contributed by atoms with Crippen molar-refractivity contribution in [2.75, 3.05) is 17.4 Å². The molecule has 0 radical (unpaired) electrons. The van der Waals surface area contributed by atoms with E-state index in [1.54, 1.807) is 78.9 Å². The Kier molecular flexibility index (Phi) is 9.40. The van der Waals surface area contributed by atoms with E-state index in [2.05, 4.69) is 5.43 Å². The number of ether oxygens (including phenoxy) is 1. The van der Waals surface area contributed by atoms with Crippen LogP contribution in [-0.2, 0) is 24.6 Å². The predicted molar refractivity (Wildman–Crippen MR) is 218 cm³/mol. The number of allylic oxidation sites excluding steroid dienone is 2. The van der Waals surface area contributed by atoms with Crippen molar-refractivity contribution in [2.45, 2.75) is 24.2 Å². The standard InChI is InChI=1S/C46H34Cl2FN3O7/c1-59-30-15-10-27(11-16-30)46-34(43(56)52(45(46)58)50-37-19-12-28(47)22-35(37)48)23-33-31(40(46)26-9-20-38(53)36(49)21-26)17-18-32-39(33)44(57)51(42(32)55)29-13-7-25(8-14-29)41(54)24-5-3-2-4-6-24/h2-17,19-22,32-34,39-40,50,53H,18,23H2,1H3/t32-,33+,34-,39-,40-,46+/m0/s1. The highest BCUT2D eigenvalue weighted by Crippen LogP contribution is 2.64. The van der Waals surface area contributed by atoms with E-state index < -0.39 is 70.2 Å². The summed E-state index contributed by atoms with van der Waals surface area (Å²) in [5, 5.41) is 11.7. The summed E-state index contributed by atoms with van der Waals surface area (Å²) in [5.74, 6) is -8.06. The maximum absolute atomic E-state index is 15.5. The van der Waals surface area contributed by atoms with Gasteiger partial charge in [-0.15, -0.1) is 0 Å². The number of benzene rings is 5. The fourth-order valence-electron chi connectivity index (χ4n) is 9.69. The van der Waals surface area contributed by atoms with Crippen LogP contribution in [0.5, 0.6) is 11.5 Å². The van der Waals surface area contributed by atoms with E-state index in [1.165, 1.54) is 31.4 Å². The van der Waals surface area contributed by atoms with Gasteiger partial charge in [-0.3, -0.25) is 34.3 Å². The van der Waals surface area contributed by atoms with E-state index in [-0.39, 0.29) is 34.9 Å². The average Bonchev–Trinajstić information content (AvgIpc) is 3.63. The van der Waals surface area contributed by atoms with E-state index in [9.17, 15) is 24.3 Å². The first-order valence-electron chi connectivity index (χ1n) is 18.9. The smallest absolute Gasteiger partial charge is 0.260 e. The van der Waals surface area contributed by atoms with Gasteiger partial charge in [0.1, 0.15) is 5.75 Å². The molecule has 2 aliphatic heterocycles. The third kappa shape index (κ3) is 5.93. The number of phenolic OH excluding ortho intramolecular Hbond substituents is 1. The molecule has 10 nitrogen and oxygen atoms in total. The summed E-state index contributed by atoms with van der Waals surface area (Å²) in [5.41, 5.74) is 3.95. The number of halogens is 3. The number of anilines is 2. The second-order valence-corrected chi connectivity index (χ2v) is 16.0. The van der Waals surface area contributed by atoms with Gasteiger partial charge in [-0.2, -0.15) is 5.01 Å². The van der Waals surface area contributed by atoms with Crippen molar-refractivity contribution in [3.63, 3.8) is 0 Å². The van der Waals surface area contributed by atoms with Gasteiger partial charge in [0.25, 0.3) is 11.8 Å². The molecule has 0 unspecified atom stereocenters. The molecule has 2 saturated heterocycles. The Morgan fingerprint density at radius 1 is 0.831 bits per heavy atom. The maximum atomic E-state index is 15.5. The lowest BCUT2D eigenvalue weighted by molar-refractivity contribution is -0.138. The number of nitrogens with one attached hydrogen (secondary N) is 1. The first-order valence-corrected chi connectivity index (χ1v) is 19.7. The molecule has 4 amide bonds. The molecular formula is C46H34Cl2FN3O7. The van der Waals surface area contributed by atoms with E-state index in [0.29, 0.717) is 38.7 Å². The topological polar surface area (TPSA) is 133 Å². The van der Waals surface area contributed by atoms with Gasteiger partial charge in [0.2, 0.25) is 11.8 Å². The Morgan fingerprint density at radius 2 is 1.54 bits per heavy atom. The molecule has 2 aliphatic carbocycles. The quantitative estimate of drug-likeness (QED) is 0.0908. The van der Waals surface area contributed by atoms with Gasteiger partial charge in [0, 0.05) is 22.1 Å². The molecule has 0 bridgehead atoms. The fraction of sp³-hybridized carbons (Fsp3) is 0.196. The van der Waals surface area contributed by atoms with Crippen LogP contribution in [0.25, 0.3) is 0 Å². The number of methoxy groups -OCH3 is 1. The van der Waals surface area contributed by atoms with Gasteiger partial charge in [-0.1, -0.05) is 83.4 Å². The van der Waals surface area contributed by atoms with E-state index >= 15 is 9.18 Å². The third-order valence-electron chi connectivity index (χ3n) is 12.3. The summed E-state index contributed by atoms with van der Waals surface area (Å²) >= 11 is 12.7.